The number of nitrogens with one attached hydrogen (secondary N) is 1. The molecule has 2 aromatic heterocycles. The van der Waals surface area contributed by atoms with Gasteiger partial charge in [-0.3, -0.25) is 10.1 Å². The van der Waals surface area contributed by atoms with Crippen molar-refractivity contribution in [3.8, 4) is 0 Å². The second-order valence-corrected chi connectivity index (χ2v) is 12.7. The number of carbonyl (C=O) groups excluding carboxylic acids is 1. The Labute approximate surface area is 193 Å². The van der Waals surface area contributed by atoms with E-state index in [1.54, 1.807) is 25.5 Å². The highest BCUT2D eigenvalue weighted by atomic mass is 32.2. The van der Waals surface area contributed by atoms with Gasteiger partial charge in [-0.2, -0.15) is 4.31 Å². The van der Waals surface area contributed by atoms with E-state index < -0.39 is 10.0 Å². The number of hydrogen-bond donors (Lipinski definition) is 1. The molecule has 4 fully saturated rings. The highest BCUT2D eigenvalue weighted by Gasteiger charge is 2.53. The van der Waals surface area contributed by atoms with Gasteiger partial charge in [0.15, 0.2) is 0 Å². The fourth-order valence-electron chi connectivity index (χ4n) is 6.64. The molecule has 4 bridgehead atoms. The van der Waals surface area contributed by atoms with Gasteiger partial charge in [0.1, 0.15) is 15.6 Å². The van der Waals surface area contributed by atoms with Crippen molar-refractivity contribution in [3.05, 3.63) is 23.0 Å². The summed E-state index contributed by atoms with van der Waals surface area (Å²) in [6.45, 7) is 4.36. The Kier molecular flexibility index (Phi) is 5.45. The van der Waals surface area contributed by atoms with Gasteiger partial charge < -0.3 is 4.57 Å². The summed E-state index contributed by atoms with van der Waals surface area (Å²) in [6, 6.07) is 1.43. The Morgan fingerprint density at radius 1 is 1.16 bits per heavy atom. The number of aromatic nitrogens is 3. The normalized spacial score (nSPS) is 29.1. The first-order valence-electron chi connectivity index (χ1n) is 11.6. The molecule has 32 heavy (non-hydrogen) atoms. The van der Waals surface area contributed by atoms with Crippen LogP contribution in [0, 0.1) is 17.8 Å². The molecule has 0 aromatic carbocycles. The van der Waals surface area contributed by atoms with Crippen molar-refractivity contribution in [2.45, 2.75) is 62.7 Å². The molecule has 0 spiro atoms. The van der Waals surface area contributed by atoms with Crippen molar-refractivity contribution in [3.63, 3.8) is 0 Å². The third kappa shape index (κ3) is 3.60. The van der Waals surface area contributed by atoms with Crippen LogP contribution in [0.1, 0.15) is 67.9 Å². The zero-order chi connectivity index (χ0) is 22.7. The number of anilines is 1. The predicted octanol–water partition coefficient (Wildman–Crippen LogP) is 3.63. The standard InChI is InChI=1S/C22H31N5O3S2/c1-4-27(5-2)32(29,30)17-9-18(26(3)13-17)19(28)23-21-25-24-20(31-21)22-10-14-6-15(11-22)8-16(7-14)12-22/h9,13-16H,4-8,10-12H2,1-3H3,(H,23,25,28). The van der Waals surface area contributed by atoms with E-state index >= 15 is 0 Å². The monoisotopic (exact) mass is 477 g/mol. The van der Waals surface area contributed by atoms with Crippen molar-refractivity contribution >= 4 is 32.4 Å². The molecular weight excluding hydrogens is 446 g/mol. The summed E-state index contributed by atoms with van der Waals surface area (Å²) in [4.78, 5) is 13.1. The fraction of sp³-hybridized carbons (Fsp3) is 0.682. The van der Waals surface area contributed by atoms with Gasteiger partial charge >= 0.3 is 0 Å². The van der Waals surface area contributed by atoms with Crippen LogP contribution in [0.3, 0.4) is 0 Å². The van der Waals surface area contributed by atoms with Crippen LogP contribution in [0.15, 0.2) is 17.2 Å². The number of hydrogen-bond acceptors (Lipinski definition) is 6. The molecule has 1 amide bonds. The number of amides is 1. The lowest BCUT2D eigenvalue weighted by atomic mass is 9.50. The van der Waals surface area contributed by atoms with E-state index in [0.717, 1.165) is 22.8 Å². The van der Waals surface area contributed by atoms with Gasteiger partial charge in [0, 0.05) is 31.7 Å². The van der Waals surface area contributed by atoms with Crippen LogP contribution in [-0.4, -0.2) is 46.5 Å². The first-order valence-corrected chi connectivity index (χ1v) is 13.8. The minimum Gasteiger partial charge on any atom is -0.345 e. The summed E-state index contributed by atoms with van der Waals surface area (Å²) in [5, 5.41) is 13.2. The summed E-state index contributed by atoms with van der Waals surface area (Å²) in [5.74, 6) is 2.08. The first-order chi connectivity index (χ1) is 15.2. The average Bonchev–Trinajstić information content (AvgIpc) is 3.35. The van der Waals surface area contributed by atoms with Crippen molar-refractivity contribution in [2.75, 3.05) is 18.4 Å². The number of sulfonamides is 1. The smallest absolute Gasteiger partial charge is 0.274 e. The van der Waals surface area contributed by atoms with Gasteiger partial charge in [-0.1, -0.05) is 25.2 Å². The molecule has 4 aliphatic carbocycles. The summed E-state index contributed by atoms with van der Waals surface area (Å²) in [6.07, 6.45) is 9.20. The van der Waals surface area contributed by atoms with E-state index in [4.69, 9.17) is 0 Å². The van der Waals surface area contributed by atoms with Gasteiger partial charge in [0.05, 0.1) is 0 Å². The highest BCUT2D eigenvalue weighted by molar-refractivity contribution is 7.89. The molecule has 0 saturated heterocycles. The maximum absolute atomic E-state index is 12.9. The maximum atomic E-state index is 12.9. The van der Waals surface area contributed by atoms with Crippen LogP contribution in [-0.2, 0) is 22.5 Å². The Bertz CT molecular complexity index is 1100. The minimum absolute atomic E-state index is 0.125. The zero-order valence-corrected chi connectivity index (χ0v) is 20.5. The Morgan fingerprint density at radius 2 is 1.75 bits per heavy atom. The quantitative estimate of drug-likeness (QED) is 0.657. The summed E-state index contributed by atoms with van der Waals surface area (Å²) in [7, 11) is -1.95. The molecule has 0 aliphatic heterocycles. The molecule has 0 unspecified atom stereocenters. The second-order valence-electron chi connectivity index (χ2n) is 9.83. The topological polar surface area (TPSA) is 97.2 Å². The molecule has 2 aromatic rings. The number of aryl methyl sites for hydroxylation is 1. The van der Waals surface area contributed by atoms with E-state index in [1.807, 2.05) is 0 Å². The lowest BCUT2D eigenvalue weighted by Crippen LogP contribution is -2.48. The molecule has 8 nitrogen and oxygen atoms in total. The van der Waals surface area contributed by atoms with E-state index in [-0.39, 0.29) is 21.9 Å². The van der Waals surface area contributed by atoms with Gasteiger partial charge in [-0.05, 0) is 62.3 Å². The van der Waals surface area contributed by atoms with Gasteiger partial charge in [0.2, 0.25) is 15.2 Å². The average molecular weight is 478 g/mol. The summed E-state index contributed by atoms with van der Waals surface area (Å²) < 4.78 is 28.6. The number of nitrogens with zero attached hydrogens (tertiary/aromatic N) is 4. The van der Waals surface area contributed by atoms with Crippen molar-refractivity contribution in [1.82, 2.24) is 19.1 Å². The van der Waals surface area contributed by atoms with Crippen LogP contribution < -0.4 is 5.32 Å². The zero-order valence-electron chi connectivity index (χ0n) is 18.9. The van der Waals surface area contributed by atoms with Crippen LogP contribution in [0.2, 0.25) is 0 Å². The van der Waals surface area contributed by atoms with Gasteiger partial charge in [-0.15, -0.1) is 10.2 Å². The van der Waals surface area contributed by atoms with Crippen molar-refractivity contribution in [2.24, 2.45) is 24.8 Å². The first kappa shape index (κ1) is 22.0. The Hall–Kier alpha value is -1.78. The molecule has 0 radical (unpaired) electrons. The van der Waals surface area contributed by atoms with E-state index in [1.165, 1.54) is 66.4 Å². The number of carbonyl (C=O) groups is 1. The fourth-order valence-corrected chi connectivity index (χ4v) is 9.12. The largest absolute Gasteiger partial charge is 0.345 e. The van der Waals surface area contributed by atoms with Crippen LogP contribution in [0.25, 0.3) is 0 Å². The van der Waals surface area contributed by atoms with Gasteiger partial charge in [0.25, 0.3) is 5.91 Å². The third-order valence-corrected chi connectivity index (χ3v) is 10.8. The molecule has 4 aliphatic rings. The molecule has 2 heterocycles. The Balaban J connectivity index is 1.34. The molecule has 6 rings (SSSR count). The lowest BCUT2D eigenvalue weighted by molar-refractivity contribution is -0.00555. The minimum atomic E-state index is -3.62. The molecule has 10 heteroatoms. The lowest BCUT2D eigenvalue weighted by Gasteiger charge is -2.55. The van der Waals surface area contributed by atoms with E-state index in [0.29, 0.717) is 18.2 Å². The highest BCUT2D eigenvalue weighted by Crippen LogP contribution is 2.61. The molecule has 1 N–H and O–H groups in total. The van der Waals surface area contributed by atoms with Gasteiger partial charge in [-0.25, -0.2) is 8.42 Å². The van der Waals surface area contributed by atoms with E-state index in [9.17, 15) is 13.2 Å². The second kappa shape index (κ2) is 7.92. The van der Waals surface area contributed by atoms with Crippen molar-refractivity contribution in [1.29, 1.82) is 0 Å². The molecular formula is C22H31N5O3S2. The predicted molar refractivity (Wildman–Crippen MR) is 123 cm³/mol. The van der Waals surface area contributed by atoms with Crippen LogP contribution in [0.5, 0.6) is 0 Å². The van der Waals surface area contributed by atoms with E-state index in [2.05, 4.69) is 15.5 Å². The summed E-state index contributed by atoms with van der Waals surface area (Å²) >= 11 is 1.48. The molecule has 174 valence electrons. The molecule has 0 atom stereocenters. The summed E-state index contributed by atoms with van der Waals surface area (Å²) in [5.41, 5.74) is 0.424. The SMILES string of the molecule is CCN(CC)S(=O)(=O)c1cc(C(=O)Nc2nnc(C34CC5CC(CC(C5)C3)C4)s2)n(C)c1. The number of rotatable bonds is 7. The van der Waals surface area contributed by atoms with Crippen LogP contribution >= 0.6 is 11.3 Å². The maximum Gasteiger partial charge on any atom is 0.274 e. The molecule has 4 saturated carbocycles. The van der Waals surface area contributed by atoms with Crippen LogP contribution in [0.4, 0.5) is 5.13 Å². The van der Waals surface area contributed by atoms with Crippen molar-refractivity contribution < 1.29 is 13.2 Å². The third-order valence-electron chi connectivity index (χ3n) is 7.69. The Morgan fingerprint density at radius 3 is 2.31 bits per heavy atom.